The Hall–Kier alpha value is -2.61. The maximum atomic E-state index is 11.9. The summed E-state index contributed by atoms with van der Waals surface area (Å²) < 4.78 is 21.5. The Labute approximate surface area is 153 Å². The van der Waals surface area contributed by atoms with Crippen molar-refractivity contribution in [1.82, 2.24) is 0 Å². The largest absolute Gasteiger partial charge is 0.514 e. The van der Waals surface area contributed by atoms with Gasteiger partial charge in [-0.3, -0.25) is 0 Å². The third-order valence-corrected chi connectivity index (χ3v) is 4.07. The topological polar surface area (TPSA) is 102 Å². The lowest BCUT2D eigenvalue weighted by Crippen LogP contribution is -2.41. The van der Waals surface area contributed by atoms with Crippen LogP contribution in [0.15, 0.2) is 18.2 Å². The van der Waals surface area contributed by atoms with Crippen molar-refractivity contribution in [2.75, 3.05) is 13.2 Å². The Balaban J connectivity index is 1.81. The number of carbonyl (C=O) groups is 1. The van der Waals surface area contributed by atoms with E-state index in [1.165, 1.54) is 18.2 Å². The molecule has 1 aliphatic heterocycles. The van der Waals surface area contributed by atoms with Crippen LogP contribution in [0.1, 0.15) is 44.2 Å². The summed E-state index contributed by atoms with van der Waals surface area (Å²) in [7, 11) is 0. The van der Waals surface area contributed by atoms with E-state index in [4.69, 9.17) is 29.5 Å². The SMILES string of the molecule is CCCCC(C)C1OCC(OC(=O)Oc2ccc(C#N)c(C#N)c2)CO1. The van der Waals surface area contributed by atoms with Crippen LogP contribution in [0.25, 0.3) is 0 Å². The minimum absolute atomic E-state index is 0.131. The maximum absolute atomic E-state index is 11.9. The number of hydrogen-bond donors (Lipinski definition) is 0. The molecule has 0 amide bonds. The Morgan fingerprint density at radius 3 is 2.58 bits per heavy atom. The Kier molecular flexibility index (Phi) is 7.40. The molecular formula is C19H22N2O5. The van der Waals surface area contributed by atoms with Gasteiger partial charge < -0.3 is 18.9 Å². The quantitative estimate of drug-likeness (QED) is 0.566. The van der Waals surface area contributed by atoms with Crippen LogP contribution in [-0.2, 0) is 14.2 Å². The third kappa shape index (κ3) is 5.45. The molecule has 1 aromatic carbocycles. The van der Waals surface area contributed by atoms with E-state index in [0.29, 0.717) is 0 Å². The molecule has 1 fully saturated rings. The second kappa shape index (κ2) is 9.76. The highest BCUT2D eigenvalue weighted by molar-refractivity contribution is 5.65. The van der Waals surface area contributed by atoms with Crippen LogP contribution in [0.4, 0.5) is 4.79 Å². The molecular weight excluding hydrogens is 336 g/mol. The monoisotopic (exact) mass is 358 g/mol. The van der Waals surface area contributed by atoms with Crippen molar-refractivity contribution in [3.8, 4) is 17.9 Å². The molecule has 0 N–H and O–H groups in total. The van der Waals surface area contributed by atoms with Gasteiger partial charge in [0, 0.05) is 12.0 Å². The fraction of sp³-hybridized carbons (Fsp3) is 0.526. The van der Waals surface area contributed by atoms with Crippen molar-refractivity contribution in [2.24, 2.45) is 5.92 Å². The molecule has 1 aliphatic rings. The summed E-state index contributed by atoms with van der Waals surface area (Å²) in [6, 6.07) is 7.93. The van der Waals surface area contributed by atoms with Gasteiger partial charge in [-0.2, -0.15) is 10.5 Å². The fourth-order valence-electron chi connectivity index (χ4n) is 2.59. The van der Waals surface area contributed by atoms with Gasteiger partial charge in [-0.1, -0.05) is 26.7 Å². The molecule has 138 valence electrons. The lowest BCUT2D eigenvalue weighted by Gasteiger charge is -2.32. The Morgan fingerprint density at radius 2 is 1.96 bits per heavy atom. The van der Waals surface area contributed by atoms with E-state index in [0.717, 1.165) is 19.3 Å². The van der Waals surface area contributed by atoms with Crippen LogP contribution in [0.2, 0.25) is 0 Å². The van der Waals surface area contributed by atoms with Gasteiger partial charge in [-0.25, -0.2) is 4.79 Å². The molecule has 7 nitrogen and oxygen atoms in total. The average Bonchev–Trinajstić information content (AvgIpc) is 2.66. The zero-order chi connectivity index (χ0) is 18.9. The molecule has 7 heteroatoms. The zero-order valence-electron chi connectivity index (χ0n) is 14.9. The van der Waals surface area contributed by atoms with Crippen LogP contribution in [0.3, 0.4) is 0 Å². The van der Waals surface area contributed by atoms with E-state index in [9.17, 15) is 4.79 Å². The molecule has 1 saturated heterocycles. The maximum Gasteiger partial charge on any atom is 0.514 e. The molecule has 1 atom stereocenters. The first-order valence-corrected chi connectivity index (χ1v) is 8.63. The first-order chi connectivity index (χ1) is 12.6. The van der Waals surface area contributed by atoms with Crippen molar-refractivity contribution < 1.29 is 23.7 Å². The van der Waals surface area contributed by atoms with E-state index in [1.807, 2.05) is 12.1 Å². The van der Waals surface area contributed by atoms with Gasteiger partial charge in [0.05, 0.1) is 24.3 Å². The van der Waals surface area contributed by atoms with Crippen molar-refractivity contribution in [2.45, 2.75) is 45.5 Å². The predicted molar refractivity (Wildman–Crippen MR) is 91.2 cm³/mol. The van der Waals surface area contributed by atoms with Crippen LogP contribution < -0.4 is 4.74 Å². The van der Waals surface area contributed by atoms with Crippen molar-refractivity contribution >= 4 is 6.16 Å². The molecule has 0 saturated carbocycles. The van der Waals surface area contributed by atoms with Gasteiger partial charge in [-0.15, -0.1) is 0 Å². The minimum Gasteiger partial charge on any atom is -0.426 e. The molecule has 26 heavy (non-hydrogen) atoms. The third-order valence-electron chi connectivity index (χ3n) is 4.07. The molecule has 0 radical (unpaired) electrons. The van der Waals surface area contributed by atoms with Gasteiger partial charge in [0.2, 0.25) is 0 Å². The Bertz CT molecular complexity index is 699. The van der Waals surface area contributed by atoms with Gasteiger partial charge >= 0.3 is 6.16 Å². The van der Waals surface area contributed by atoms with Gasteiger partial charge in [-0.05, 0) is 18.6 Å². The van der Waals surface area contributed by atoms with Gasteiger partial charge in [0.15, 0.2) is 12.4 Å². The molecule has 1 aromatic rings. The van der Waals surface area contributed by atoms with Crippen LogP contribution in [0, 0.1) is 28.6 Å². The van der Waals surface area contributed by atoms with Gasteiger partial charge in [0.1, 0.15) is 17.9 Å². The standard InChI is InChI=1S/C19H22N2O5/c1-3-4-5-13(2)18-23-11-17(12-24-18)26-19(22)25-16-7-6-14(9-20)15(8-16)10-21/h6-8,13,17-18H,3-5,11-12H2,1-2H3. The van der Waals surface area contributed by atoms with E-state index in [-0.39, 0.29) is 42.3 Å². The summed E-state index contributed by atoms with van der Waals surface area (Å²) in [6.45, 7) is 4.70. The first-order valence-electron chi connectivity index (χ1n) is 8.63. The highest BCUT2D eigenvalue weighted by Crippen LogP contribution is 2.21. The van der Waals surface area contributed by atoms with Gasteiger partial charge in [0.25, 0.3) is 0 Å². The highest BCUT2D eigenvalue weighted by Gasteiger charge is 2.29. The number of nitrogens with zero attached hydrogens (tertiary/aromatic N) is 2. The number of carbonyl (C=O) groups excluding carboxylic acids is 1. The normalized spacial score (nSPS) is 20.5. The first kappa shape index (κ1) is 19.7. The summed E-state index contributed by atoms with van der Waals surface area (Å²) in [5.74, 6) is 0.417. The molecule has 1 heterocycles. The number of ether oxygens (including phenoxy) is 4. The summed E-state index contributed by atoms with van der Waals surface area (Å²) in [5.41, 5.74) is 0.344. The predicted octanol–water partition coefficient (Wildman–Crippen LogP) is 3.51. The molecule has 0 spiro atoms. The summed E-state index contributed by atoms with van der Waals surface area (Å²) >= 11 is 0. The van der Waals surface area contributed by atoms with Crippen molar-refractivity contribution in [3.05, 3.63) is 29.3 Å². The zero-order valence-corrected chi connectivity index (χ0v) is 14.9. The number of unbranched alkanes of at least 4 members (excludes halogenated alkanes) is 1. The molecule has 2 rings (SSSR count). The van der Waals surface area contributed by atoms with E-state index < -0.39 is 12.3 Å². The van der Waals surface area contributed by atoms with Crippen LogP contribution in [0.5, 0.6) is 5.75 Å². The van der Waals surface area contributed by atoms with E-state index >= 15 is 0 Å². The molecule has 0 bridgehead atoms. The lowest BCUT2D eigenvalue weighted by molar-refractivity contribution is -0.237. The molecule has 1 unspecified atom stereocenters. The van der Waals surface area contributed by atoms with Crippen LogP contribution in [-0.4, -0.2) is 31.8 Å². The van der Waals surface area contributed by atoms with Crippen LogP contribution >= 0.6 is 0 Å². The average molecular weight is 358 g/mol. The number of nitriles is 2. The second-order valence-electron chi connectivity index (χ2n) is 6.18. The minimum atomic E-state index is -0.909. The van der Waals surface area contributed by atoms with Crippen molar-refractivity contribution in [1.29, 1.82) is 10.5 Å². The molecule has 0 aromatic heterocycles. The fourth-order valence-corrected chi connectivity index (χ4v) is 2.59. The van der Waals surface area contributed by atoms with E-state index in [1.54, 1.807) is 0 Å². The number of benzene rings is 1. The van der Waals surface area contributed by atoms with E-state index in [2.05, 4.69) is 13.8 Å². The second-order valence-corrected chi connectivity index (χ2v) is 6.18. The number of hydrogen-bond acceptors (Lipinski definition) is 7. The van der Waals surface area contributed by atoms with Crippen molar-refractivity contribution in [3.63, 3.8) is 0 Å². The summed E-state index contributed by atoms with van der Waals surface area (Å²) in [6.07, 6.45) is 1.52. The smallest absolute Gasteiger partial charge is 0.426 e. The summed E-state index contributed by atoms with van der Waals surface area (Å²) in [4.78, 5) is 11.9. The lowest BCUT2D eigenvalue weighted by atomic mass is 10.0. The summed E-state index contributed by atoms with van der Waals surface area (Å²) in [5, 5.41) is 17.9. The number of rotatable bonds is 6. The Morgan fingerprint density at radius 1 is 1.27 bits per heavy atom. The molecule has 0 aliphatic carbocycles. The highest BCUT2D eigenvalue weighted by atomic mass is 16.8.